The molecule has 1 saturated carbocycles. The van der Waals surface area contributed by atoms with Crippen LogP contribution in [0.1, 0.15) is 65.7 Å². The molecule has 0 aromatic carbocycles. The van der Waals surface area contributed by atoms with E-state index in [0.717, 1.165) is 18.9 Å². The Hall–Kier alpha value is -1.85. The summed E-state index contributed by atoms with van der Waals surface area (Å²) in [5.74, 6) is 1.43. The molecule has 0 atom stereocenters. The number of H-pyrrole nitrogens is 1. The molecule has 6 heteroatoms. The second kappa shape index (κ2) is 6.95. The molecule has 24 heavy (non-hydrogen) atoms. The molecule has 1 aliphatic carbocycles. The van der Waals surface area contributed by atoms with Crippen molar-refractivity contribution < 1.29 is 0 Å². The maximum Gasteiger partial charge on any atom is 0.263 e. The van der Waals surface area contributed by atoms with Crippen molar-refractivity contribution in [2.24, 2.45) is 5.92 Å². The average molecular weight is 331 g/mol. The number of aromatic amines is 1. The summed E-state index contributed by atoms with van der Waals surface area (Å²) < 4.78 is 1.81. The van der Waals surface area contributed by atoms with Crippen LogP contribution in [0.3, 0.4) is 0 Å². The Morgan fingerprint density at radius 2 is 2.04 bits per heavy atom. The Morgan fingerprint density at radius 3 is 2.75 bits per heavy atom. The number of nitrogens with zero attached hydrogens (tertiary/aromatic N) is 3. The lowest BCUT2D eigenvalue weighted by atomic mass is 9.86. The van der Waals surface area contributed by atoms with Crippen molar-refractivity contribution in [1.29, 1.82) is 0 Å². The Balaban J connectivity index is 1.65. The van der Waals surface area contributed by atoms with Crippen LogP contribution in [0.15, 0.2) is 11.0 Å². The minimum absolute atomic E-state index is 0.134. The lowest BCUT2D eigenvalue weighted by Gasteiger charge is -2.21. The summed E-state index contributed by atoms with van der Waals surface area (Å²) in [6.45, 7) is 7.01. The van der Waals surface area contributed by atoms with E-state index < -0.39 is 0 Å². The quantitative estimate of drug-likeness (QED) is 0.820. The van der Waals surface area contributed by atoms with E-state index in [0.29, 0.717) is 17.0 Å². The van der Waals surface area contributed by atoms with Gasteiger partial charge in [0, 0.05) is 6.54 Å². The molecule has 0 radical (unpaired) electrons. The minimum Gasteiger partial charge on any atom is -0.356 e. The topological polar surface area (TPSA) is 75.6 Å². The first-order valence-corrected chi connectivity index (χ1v) is 9.17. The fraction of sp³-hybridized carbons (Fsp3) is 0.722. The van der Waals surface area contributed by atoms with Crippen molar-refractivity contribution in [1.82, 2.24) is 19.7 Å². The highest BCUT2D eigenvalue weighted by atomic mass is 16.1. The standard InChI is InChI=1S/C18H29N5O/c1-18(2,3)23-15-14(12-20-23)16(24)22-17(21-15)19-11-7-10-13-8-5-4-6-9-13/h12-13H,4-11H2,1-3H3,(H2,19,21,22,24). The number of aromatic nitrogens is 4. The highest BCUT2D eigenvalue weighted by Gasteiger charge is 2.20. The molecule has 6 nitrogen and oxygen atoms in total. The van der Waals surface area contributed by atoms with Gasteiger partial charge in [-0.1, -0.05) is 32.1 Å². The molecule has 0 saturated heterocycles. The van der Waals surface area contributed by atoms with Gasteiger partial charge >= 0.3 is 0 Å². The van der Waals surface area contributed by atoms with Crippen LogP contribution in [0.2, 0.25) is 0 Å². The van der Waals surface area contributed by atoms with Crippen LogP contribution in [0, 0.1) is 5.92 Å². The van der Waals surface area contributed by atoms with Crippen molar-refractivity contribution >= 4 is 17.0 Å². The predicted octanol–water partition coefficient (Wildman–Crippen LogP) is 3.65. The van der Waals surface area contributed by atoms with Gasteiger partial charge in [0.25, 0.3) is 5.56 Å². The SMILES string of the molecule is CC(C)(C)n1ncc2c(=O)[nH]c(NCCCC3CCCCC3)nc21. The van der Waals surface area contributed by atoms with Gasteiger partial charge in [-0.3, -0.25) is 9.78 Å². The van der Waals surface area contributed by atoms with E-state index in [9.17, 15) is 4.79 Å². The molecular formula is C18H29N5O. The number of rotatable bonds is 5. The molecule has 0 bridgehead atoms. The Morgan fingerprint density at radius 1 is 1.29 bits per heavy atom. The van der Waals surface area contributed by atoms with E-state index in [-0.39, 0.29) is 11.1 Å². The first kappa shape index (κ1) is 17.0. The maximum atomic E-state index is 12.2. The number of anilines is 1. The normalized spacial score (nSPS) is 16.6. The molecular weight excluding hydrogens is 302 g/mol. The zero-order valence-corrected chi connectivity index (χ0v) is 15.1. The van der Waals surface area contributed by atoms with Crippen LogP contribution in [-0.2, 0) is 5.54 Å². The average Bonchev–Trinajstić information content (AvgIpc) is 2.97. The smallest absolute Gasteiger partial charge is 0.263 e. The molecule has 2 aromatic heterocycles. The highest BCUT2D eigenvalue weighted by Crippen LogP contribution is 2.27. The fourth-order valence-electron chi connectivity index (χ4n) is 3.57. The van der Waals surface area contributed by atoms with Gasteiger partial charge < -0.3 is 5.32 Å². The summed E-state index contributed by atoms with van der Waals surface area (Å²) >= 11 is 0. The van der Waals surface area contributed by atoms with Crippen LogP contribution < -0.4 is 10.9 Å². The van der Waals surface area contributed by atoms with Crippen LogP contribution in [0.25, 0.3) is 11.0 Å². The van der Waals surface area contributed by atoms with E-state index >= 15 is 0 Å². The molecule has 2 aromatic rings. The Bertz CT molecular complexity index is 734. The lowest BCUT2D eigenvalue weighted by molar-refractivity contribution is 0.335. The molecule has 2 N–H and O–H groups in total. The fourth-order valence-corrected chi connectivity index (χ4v) is 3.57. The minimum atomic E-state index is -0.208. The highest BCUT2D eigenvalue weighted by molar-refractivity contribution is 5.74. The zero-order chi connectivity index (χ0) is 17.2. The molecule has 1 aliphatic rings. The Labute approximate surface area is 143 Å². The molecule has 0 unspecified atom stereocenters. The summed E-state index contributed by atoms with van der Waals surface area (Å²) in [6, 6.07) is 0. The van der Waals surface area contributed by atoms with Crippen molar-refractivity contribution in [3.05, 3.63) is 16.6 Å². The first-order valence-electron chi connectivity index (χ1n) is 9.17. The molecule has 132 valence electrons. The maximum absolute atomic E-state index is 12.2. The van der Waals surface area contributed by atoms with Crippen molar-refractivity contribution in [3.63, 3.8) is 0 Å². The van der Waals surface area contributed by atoms with Gasteiger partial charge in [-0.2, -0.15) is 10.1 Å². The summed E-state index contributed by atoms with van der Waals surface area (Å²) in [5.41, 5.74) is 0.298. The van der Waals surface area contributed by atoms with Gasteiger partial charge in [-0.05, 0) is 39.5 Å². The van der Waals surface area contributed by atoms with Crippen molar-refractivity contribution in [2.75, 3.05) is 11.9 Å². The monoisotopic (exact) mass is 331 g/mol. The third kappa shape index (κ3) is 3.79. The van der Waals surface area contributed by atoms with Crippen LogP contribution in [-0.4, -0.2) is 26.3 Å². The first-order chi connectivity index (χ1) is 11.4. The largest absolute Gasteiger partial charge is 0.356 e. The second-order valence-corrected chi connectivity index (χ2v) is 7.95. The van der Waals surface area contributed by atoms with Gasteiger partial charge in [0.2, 0.25) is 5.95 Å². The molecule has 0 spiro atoms. The van der Waals surface area contributed by atoms with Crippen molar-refractivity contribution in [2.45, 2.75) is 71.3 Å². The van der Waals surface area contributed by atoms with E-state index in [4.69, 9.17) is 0 Å². The molecule has 1 fully saturated rings. The van der Waals surface area contributed by atoms with Gasteiger partial charge in [-0.25, -0.2) is 4.68 Å². The van der Waals surface area contributed by atoms with E-state index in [1.54, 1.807) is 6.20 Å². The predicted molar refractivity (Wildman–Crippen MR) is 97.4 cm³/mol. The third-order valence-electron chi connectivity index (χ3n) is 4.88. The summed E-state index contributed by atoms with van der Waals surface area (Å²) in [6.07, 6.45) is 10.9. The molecule has 3 rings (SSSR count). The number of hydrogen-bond acceptors (Lipinski definition) is 4. The van der Waals surface area contributed by atoms with Crippen LogP contribution in [0.4, 0.5) is 5.95 Å². The molecule has 0 amide bonds. The molecule has 2 heterocycles. The summed E-state index contributed by atoms with van der Waals surface area (Å²) in [4.78, 5) is 19.6. The van der Waals surface area contributed by atoms with Crippen LogP contribution in [0.5, 0.6) is 0 Å². The van der Waals surface area contributed by atoms with Gasteiger partial charge in [-0.15, -0.1) is 0 Å². The zero-order valence-electron chi connectivity index (χ0n) is 15.1. The number of nitrogens with one attached hydrogen (secondary N) is 2. The number of hydrogen-bond donors (Lipinski definition) is 2. The second-order valence-electron chi connectivity index (χ2n) is 7.95. The lowest BCUT2D eigenvalue weighted by Crippen LogP contribution is -2.24. The summed E-state index contributed by atoms with van der Waals surface area (Å²) in [7, 11) is 0. The third-order valence-corrected chi connectivity index (χ3v) is 4.88. The number of fused-ring (bicyclic) bond motifs is 1. The van der Waals surface area contributed by atoms with Gasteiger partial charge in [0.05, 0.1) is 11.7 Å². The molecule has 0 aliphatic heterocycles. The Kier molecular flexibility index (Phi) is 4.92. The van der Waals surface area contributed by atoms with Crippen molar-refractivity contribution in [3.8, 4) is 0 Å². The van der Waals surface area contributed by atoms with Crippen LogP contribution >= 0.6 is 0 Å². The van der Waals surface area contributed by atoms with E-state index in [1.807, 2.05) is 4.68 Å². The van der Waals surface area contributed by atoms with Gasteiger partial charge in [0.15, 0.2) is 5.65 Å². The van der Waals surface area contributed by atoms with Gasteiger partial charge in [0.1, 0.15) is 5.39 Å². The van der Waals surface area contributed by atoms with E-state index in [2.05, 4.69) is 41.2 Å². The summed E-state index contributed by atoms with van der Waals surface area (Å²) in [5, 5.41) is 8.15. The van der Waals surface area contributed by atoms with E-state index in [1.165, 1.54) is 38.5 Å².